The maximum absolute atomic E-state index is 5.69. The summed E-state index contributed by atoms with van der Waals surface area (Å²) >= 11 is 3.54. The summed E-state index contributed by atoms with van der Waals surface area (Å²) in [5, 5.41) is 3.37. The zero-order chi connectivity index (χ0) is 13.5. The number of methoxy groups -OCH3 is 1. The predicted octanol–water partition coefficient (Wildman–Crippen LogP) is 2.14. The Morgan fingerprint density at radius 2 is 2.21 bits per heavy atom. The number of fused-ring (bicyclic) bond motifs is 1. The molecule has 19 heavy (non-hydrogen) atoms. The van der Waals surface area contributed by atoms with E-state index in [2.05, 4.69) is 33.4 Å². The largest absolute Gasteiger partial charge is 0.493 e. The highest BCUT2D eigenvalue weighted by atomic mass is 79.9. The summed E-state index contributed by atoms with van der Waals surface area (Å²) in [5.41, 5.74) is 2.50. The molecule has 0 aliphatic carbocycles. The van der Waals surface area contributed by atoms with Crippen molar-refractivity contribution in [2.75, 3.05) is 40.1 Å². The Morgan fingerprint density at radius 3 is 3.05 bits per heavy atom. The van der Waals surface area contributed by atoms with Gasteiger partial charge in [-0.05, 0) is 17.7 Å². The van der Waals surface area contributed by atoms with Gasteiger partial charge in [-0.2, -0.15) is 0 Å². The van der Waals surface area contributed by atoms with Gasteiger partial charge in [-0.25, -0.2) is 0 Å². The van der Waals surface area contributed by atoms with Crippen molar-refractivity contribution in [1.82, 2.24) is 5.32 Å². The SMILES string of the molecule is COCCOCCNCc1cc(Br)cc2c1OCC2. The molecule has 4 nitrogen and oxygen atoms in total. The van der Waals surface area contributed by atoms with Crippen molar-refractivity contribution in [3.8, 4) is 5.75 Å². The van der Waals surface area contributed by atoms with E-state index in [1.54, 1.807) is 7.11 Å². The van der Waals surface area contributed by atoms with Crippen LogP contribution in [0.15, 0.2) is 16.6 Å². The van der Waals surface area contributed by atoms with Crippen LogP contribution in [-0.2, 0) is 22.4 Å². The zero-order valence-electron chi connectivity index (χ0n) is 11.2. The summed E-state index contributed by atoms with van der Waals surface area (Å²) < 4.78 is 17.1. The quantitative estimate of drug-likeness (QED) is 0.742. The standard InChI is InChI=1S/C14H20BrNO3/c1-17-6-7-18-5-3-16-10-12-9-13(15)8-11-2-4-19-14(11)12/h8-9,16H,2-7,10H2,1H3. The number of hydrogen-bond acceptors (Lipinski definition) is 4. The first-order chi connectivity index (χ1) is 9.31. The minimum absolute atomic E-state index is 0.646. The van der Waals surface area contributed by atoms with Gasteiger partial charge in [0.05, 0.1) is 26.4 Å². The highest BCUT2D eigenvalue weighted by Gasteiger charge is 2.16. The fourth-order valence-corrected chi connectivity index (χ4v) is 2.64. The molecule has 0 spiro atoms. The maximum Gasteiger partial charge on any atom is 0.127 e. The lowest BCUT2D eigenvalue weighted by Gasteiger charge is -2.10. The van der Waals surface area contributed by atoms with Crippen molar-refractivity contribution in [3.63, 3.8) is 0 Å². The van der Waals surface area contributed by atoms with Gasteiger partial charge in [0.2, 0.25) is 0 Å². The lowest BCUT2D eigenvalue weighted by molar-refractivity contribution is 0.0719. The summed E-state index contributed by atoms with van der Waals surface area (Å²) in [6.45, 7) is 4.40. The number of nitrogens with one attached hydrogen (secondary N) is 1. The molecule has 0 radical (unpaired) electrons. The Balaban J connectivity index is 1.74. The summed E-state index contributed by atoms with van der Waals surface area (Å²) in [6.07, 6.45) is 1.00. The van der Waals surface area contributed by atoms with Crippen LogP contribution in [-0.4, -0.2) is 40.1 Å². The zero-order valence-corrected chi connectivity index (χ0v) is 12.8. The molecule has 2 rings (SSSR count). The van der Waals surface area contributed by atoms with Crippen LogP contribution in [0.4, 0.5) is 0 Å². The molecule has 1 N–H and O–H groups in total. The summed E-state index contributed by atoms with van der Waals surface area (Å²) in [5.74, 6) is 1.05. The Labute approximate surface area is 122 Å². The molecule has 1 aliphatic rings. The maximum atomic E-state index is 5.69. The smallest absolute Gasteiger partial charge is 0.127 e. The van der Waals surface area contributed by atoms with Crippen molar-refractivity contribution < 1.29 is 14.2 Å². The molecule has 106 valence electrons. The van der Waals surface area contributed by atoms with E-state index in [9.17, 15) is 0 Å². The van der Waals surface area contributed by atoms with Gasteiger partial charge in [0.15, 0.2) is 0 Å². The van der Waals surface area contributed by atoms with E-state index in [1.165, 1.54) is 11.1 Å². The third kappa shape index (κ3) is 4.45. The summed E-state index contributed by atoms with van der Waals surface area (Å²) in [4.78, 5) is 0. The van der Waals surface area contributed by atoms with E-state index in [0.29, 0.717) is 19.8 Å². The van der Waals surface area contributed by atoms with E-state index in [1.807, 2.05) is 0 Å². The third-order valence-corrected chi connectivity index (χ3v) is 3.45. The second kappa shape index (κ2) is 7.85. The Morgan fingerprint density at radius 1 is 1.32 bits per heavy atom. The van der Waals surface area contributed by atoms with Gasteiger partial charge in [-0.1, -0.05) is 15.9 Å². The molecule has 0 saturated carbocycles. The van der Waals surface area contributed by atoms with Crippen molar-refractivity contribution in [1.29, 1.82) is 0 Å². The Hall–Kier alpha value is -0.620. The first-order valence-corrected chi connectivity index (χ1v) is 7.32. The van der Waals surface area contributed by atoms with Crippen LogP contribution >= 0.6 is 15.9 Å². The predicted molar refractivity (Wildman–Crippen MR) is 77.7 cm³/mol. The van der Waals surface area contributed by atoms with Gasteiger partial charge >= 0.3 is 0 Å². The Bertz CT molecular complexity index is 412. The van der Waals surface area contributed by atoms with Gasteiger partial charge in [0.1, 0.15) is 5.75 Å². The fourth-order valence-electron chi connectivity index (χ4n) is 2.09. The summed E-state index contributed by atoms with van der Waals surface area (Å²) in [7, 11) is 1.68. The van der Waals surface area contributed by atoms with Crippen LogP contribution in [0.2, 0.25) is 0 Å². The highest BCUT2D eigenvalue weighted by molar-refractivity contribution is 9.10. The number of rotatable bonds is 8. The molecule has 1 aromatic carbocycles. The van der Waals surface area contributed by atoms with Crippen LogP contribution in [0.5, 0.6) is 5.75 Å². The minimum atomic E-state index is 0.646. The van der Waals surface area contributed by atoms with Crippen molar-refractivity contribution in [3.05, 3.63) is 27.7 Å². The molecule has 1 aliphatic heterocycles. The lowest BCUT2D eigenvalue weighted by atomic mass is 10.1. The number of benzene rings is 1. The molecule has 0 amide bonds. The first-order valence-electron chi connectivity index (χ1n) is 6.52. The lowest BCUT2D eigenvalue weighted by Crippen LogP contribution is -2.20. The number of hydrogen-bond donors (Lipinski definition) is 1. The topological polar surface area (TPSA) is 39.7 Å². The van der Waals surface area contributed by atoms with E-state index in [-0.39, 0.29) is 0 Å². The Kier molecular flexibility index (Phi) is 6.10. The average molecular weight is 330 g/mol. The summed E-state index contributed by atoms with van der Waals surface area (Å²) in [6, 6.07) is 4.25. The minimum Gasteiger partial charge on any atom is -0.493 e. The van der Waals surface area contributed by atoms with Gasteiger partial charge in [0.25, 0.3) is 0 Å². The molecular weight excluding hydrogens is 310 g/mol. The molecule has 0 atom stereocenters. The molecular formula is C14H20BrNO3. The molecule has 0 bridgehead atoms. The molecule has 0 saturated heterocycles. The highest BCUT2D eigenvalue weighted by Crippen LogP contribution is 2.32. The third-order valence-electron chi connectivity index (χ3n) is 3.00. The van der Waals surface area contributed by atoms with Gasteiger partial charge in [-0.3, -0.25) is 0 Å². The molecule has 5 heteroatoms. The van der Waals surface area contributed by atoms with Crippen molar-refractivity contribution >= 4 is 15.9 Å². The van der Waals surface area contributed by atoms with E-state index < -0.39 is 0 Å². The van der Waals surface area contributed by atoms with Crippen molar-refractivity contribution in [2.24, 2.45) is 0 Å². The van der Waals surface area contributed by atoms with Crippen LogP contribution in [0.1, 0.15) is 11.1 Å². The molecule has 1 aromatic rings. The normalized spacial score (nSPS) is 13.4. The van der Waals surface area contributed by atoms with E-state index in [4.69, 9.17) is 14.2 Å². The van der Waals surface area contributed by atoms with Gasteiger partial charge in [0, 0.05) is 36.7 Å². The molecule has 0 aromatic heterocycles. The average Bonchev–Trinajstić information content (AvgIpc) is 2.85. The fraction of sp³-hybridized carbons (Fsp3) is 0.571. The van der Waals surface area contributed by atoms with Crippen LogP contribution < -0.4 is 10.1 Å². The number of ether oxygens (including phenoxy) is 3. The van der Waals surface area contributed by atoms with Gasteiger partial charge < -0.3 is 19.5 Å². The first kappa shape index (κ1) is 14.8. The second-order valence-corrected chi connectivity index (χ2v) is 5.35. The second-order valence-electron chi connectivity index (χ2n) is 4.43. The van der Waals surface area contributed by atoms with E-state index in [0.717, 1.165) is 36.3 Å². The van der Waals surface area contributed by atoms with Gasteiger partial charge in [-0.15, -0.1) is 0 Å². The van der Waals surface area contributed by atoms with Crippen LogP contribution in [0.3, 0.4) is 0 Å². The molecule has 0 fully saturated rings. The monoisotopic (exact) mass is 329 g/mol. The molecule has 1 heterocycles. The number of halogens is 1. The van der Waals surface area contributed by atoms with Crippen molar-refractivity contribution in [2.45, 2.75) is 13.0 Å². The molecule has 0 unspecified atom stereocenters. The van der Waals surface area contributed by atoms with E-state index >= 15 is 0 Å². The van der Waals surface area contributed by atoms with Crippen LogP contribution in [0.25, 0.3) is 0 Å². The van der Waals surface area contributed by atoms with Crippen LogP contribution in [0, 0.1) is 0 Å².